The van der Waals surface area contributed by atoms with Gasteiger partial charge in [-0.25, -0.2) is 0 Å². The molecule has 0 atom stereocenters. The molecule has 0 fully saturated rings. The minimum absolute atomic E-state index is 0.291. The first-order valence-corrected chi connectivity index (χ1v) is 6.35. The van der Waals surface area contributed by atoms with Crippen LogP contribution >= 0.6 is 11.3 Å². The number of anilines is 2. The number of thiophene rings is 1. The van der Waals surface area contributed by atoms with Crippen LogP contribution in [0.1, 0.15) is 10.4 Å². The van der Waals surface area contributed by atoms with E-state index in [2.05, 4.69) is 44.0 Å². The van der Waals surface area contributed by atoms with Gasteiger partial charge in [0.25, 0.3) is 0 Å². The highest BCUT2D eigenvalue weighted by molar-refractivity contribution is 7.10. The average molecular weight is 265 g/mol. The topological polar surface area (TPSA) is 72.0 Å². The Hall–Kier alpha value is -1.89. The van der Waals surface area contributed by atoms with Gasteiger partial charge in [0.15, 0.2) is 0 Å². The molecular formula is C11H15N5OS. The van der Waals surface area contributed by atoms with Crippen LogP contribution in [-0.4, -0.2) is 29.1 Å². The summed E-state index contributed by atoms with van der Waals surface area (Å²) in [7, 11) is 3.28. The Labute approximate surface area is 109 Å². The van der Waals surface area contributed by atoms with Gasteiger partial charge < -0.3 is 15.4 Å². The smallest absolute Gasteiger partial charge is 0.322 e. The number of nitrogens with one attached hydrogen (secondary N) is 2. The summed E-state index contributed by atoms with van der Waals surface area (Å²) in [5.41, 5.74) is 1.27. The SMILES string of the molecule is CNc1nc(NCc2sccc2C)nc(OC)n1. The predicted molar refractivity (Wildman–Crippen MR) is 72.3 cm³/mol. The molecule has 0 amide bonds. The number of rotatable bonds is 5. The molecule has 0 radical (unpaired) electrons. The first kappa shape index (κ1) is 12.6. The molecule has 18 heavy (non-hydrogen) atoms. The van der Waals surface area contributed by atoms with Crippen molar-refractivity contribution < 1.29 is 4.74 Å². The fraction of sp³-hybridized carbons (Fsp3) is 0.364. The first-order chi connectivity index (χ1) is 8.72. The summed E-state index contributed by atoms with van der Waals surface area (Å²) in [5, 5.41) is 8.10. The highest BCUT2D eigenvalue weighted by atomic mass is 32.1. The van der Waals surface area contributed by atoms with E-state index >= 15 is 0 Å². The standard InChI is InChI=1S/C11H15N5OS/c1-7-4-5-18-8(7)6-13-10-14-9(12-2)15-11(16-10)17-3/h4-5H,6H2,1-3H3,(H2,12,13,14,15,16). The Balaban J connectivity index is 2.11. The summed E-state index contributed by atoms with van der Waals surface area (Å²) in [4.78, 5) is 13.7. The molecule has 2 aromatic rings. The second-order valence-corrected chi connectivity index (χ2v) is 4.60. The zero-order valence-electron chi connectivity index (χ0n) is 10.5. The summed E-state index contributed by atoms with van der Waals surface area (Å²) in [6.45, 7) is 2.78. The van der Waals surface area contributed by atoms with E-state index in [1.54, 1.807) is 18.4 Å². The normalized spacial score (nSPS) is 10.2. The second-order valence-electron chi connectivity index (χ2n) is 3.60. The molecule has 2 N–H and O–H groups in total. The maximum absolute atomic E-state index is 5.02. The summed E-state index contributed by atoms with van der Waals surface area (Å²) in [5.74, 6) is 0.978. The Morgan fingerprint density at radius 3 is 2.67 bits per heavy atom. The lowest BCUT2D eigenvalue weighted by molar-refractivity contribution is 0.379. The van der Waals surface area contributed by atoms with Crippen LogP contribution in [0.5, 0.6) is 6.01 Å². The highest BCUT2D eigenvalue weighted by Crippen LogP contribution is 2.17. The molecular weight excluding hydrogens is 250 g/mol. The van der Waals surface area contributed by atoms with Crippen molar-refractivity contribution in [3.05, 3.63) is 21.9 Å². The quantitative estimate of drug-likeness (QED) is 0.860. The lowest BCUT2D eigenvalue weighted by Gasteiger charge is -2.07. The summed E-state index contributed by atoms with van der Waals surface area (Å²) in [6, 6.07) is 2.38. The van der Waals surface area contributed by atoms with Gasteiger partial charge in [-0.2, -0.15) is 15.0 Å². The van der Waals surface area contributed by atoms with Crippen molar-refractivity contribution in [2.24, 2.45) is 0 Å². The maximum atomic E-state index is 5.02. The minimum Gasteiger partial charge on any atom is -0.467 e. The van der Waals surface area contributed by atoms with Crippen LogP contribution < -0.4 is 15.4 Å². The fourth-order valence-electron chi connectivity index (χ4n) is 1.38. The molecule has 6 nitrogen and oxygen atoms in total. The minimum atomic E-state index is 0.291. The van der Waals surface area contributed by atoms with Gasteiger partial charge in [0.05, 0.1) is 13.7 Å². The van der Waals surface area contributed by atoms with Crippen LogP contribution in [0.15, 0.2) is 11.4 Å². The number of hydrogen-bond acceptors (Lipinski definition) is 7. The molecule has 0 aliphatic heterocycles. The molecule has 2 heterocycles. The molecule has 2 rings (SSSR count). The van der Waals surface area contributed by atoms with Crippen LogP contribution in [0.3, 0.4) is 0 Å². The molecule has 0 saturated heterocycles. The van der Waals surface area contributed by atoms with Crippen LogP contribution in [-0.2, 0) is 6.54 Å². The molecule has 96 valence electrons. The molecule has 0 spiro atoms. The number of nitrogens with zero attached hydrogens (tertiary/aromatic N) is 3. The van der Waals surface area contributed by atoms with Gasteiger partial charge in [-0.3, -0.25) is 0 Å². The summed E-state index contributed by atoms with van der Waals surface area (Å²) >= 11 is 1.71. The van der Waals surface area contributed by atoms with E-state index < -0.39 is 0 Å². The Morgan fingerprint density at radius 1 is 1.28 bits per heavy atom. The first-order valence-electron chi connectivity index (χ1n) is 5.47. The Bertz CT molecular complexity index is 506. The Kier molecular flexibility index (Phi) is 3.93. The van der Waals surface area contributed by atoms with Gasteiger partial charge in [0, 0.05) is 11.9 Å². The lowest BCUT2D eigenvalue weighted by Crippen LogP contribution is -2.08. The summed E-state index contributed by atoms with van der Waals surface area (Å²) < 4.78 is 5.02. The lowest BCUT2D eigenvalue weighted by atomic mass is 10.3. The van der Waals surface area contributed by atoms with Crippen molar-refractivity contribution in [2.45, 2.75) is 13.5 Å². The van der Waals surface area contributed by atoms with Gasteiger partial charge >= 0.3 is 6.01 Å². The maximum Gasteiger partial charge on any atom is 0.322 e. The van der Waals surface area contributed by atoms with E-state index in [1.165, 1.54) is 17.6 Å². The van der Waals surface area contributed by atoms with E-state index in [0.717, 1.165) is 0 Å². The number of methoxy groups -OCH3 is 1. The van der Waals surface area contributed by atoms with Crippen LogP contribution in [0.25, 0.3) is 0 Å². The molecule has 0 aliphatic rings. The van der Waals surface area contributed by atoms with Crippen molar-refractivity contribution in [1.29, 1.82) is 0 Å². The van der Waals surface area contributed by atoms with Crippen LogP contribution in [0.2, 0.25) is 0 Å². The average Bonchev–Trinajstić information content (AvgIpc) is 2.81. The van der Waals surface area contributed by atoms with Gasteiger partial charge in [-0.05, 0) is 23.9 Å². The van der Waals surface area contributed by atoms with E-state index in [1.807, 2.05) is 0 Å². The zero-order valence-corrected chi connectivity index (χ0v) is 11.3. The van der Waals surface area contributed by atoms with Crippen molar-refractivity contribution in [3.8, 4) is 6.01 Å². The molecule has 0 saturated carbocycles. The van der Waals surface area contributed by atoms with Gasteiger partial charge in [-0.15, -0.1) is 11.3 Å². The van der Waals surface area contributed by atoms with Gasteiger partial charge in [-0.1, -0.05) is 0 Å². The van der Waals surface area contributed by atoms with Crippen LogP contribution in [0, 0.1) is 6.92 Å². The van der Waals surface area contributed by atoms with Crippen molar-refractivity contribution in [1.82, 2.24) is 15.0 Å². The predicted octanol–water partition coefficient (Wildman–Crippen LogP) is 1.90. The van der Waals surface area contributed by atoms with E-state index in [0.29, 0.717) is 24.5 Å². The van der Waals surface area contributed by atoms with Crippen LogP contribution in [0.4, 0.5) is 11.9 Å². The van der Waals surface area contributed by atoms with Crippen molar-refractivity contribution in [3.63, 3.8) is 0 Å². The second kappa shape index (κ2) is 5.63. The Morgan fingerprint density at radius 2 is 2.06 bits per heavy atom. The third kappa shape index (κ3) is 2.86. The van der Waals surface area contributed by atoms with E-state index in [4.69, 9.17) is 4.74 Å². The third-order valence-corrected chi connectivity index (χ3v) is 3.42. The number of ether oxygens (including phenoxy) is 1. The zero-order chi connectivity index (χ0) is 13.0. The number of aromatic nitrogens is 3. The molecule has 0 aromatic carbocycles. The fourth-order valence-corrected chi connectivity index (χ4v) is 2.23. The van der Waals surface area contributed by atoms with Gasteiger partial charge in [0.1, 0.15) is 0 Å². The molecule has 0 unspecified atom stereocenters. The monoisotopic (exact) mass is 265 g/mol. The summed E-state index contributed by atoms with van der Waals surface area (Å²) in [6.07, 6.45) is 0. The molecule has 0 aliphatic carbocycles. The van der Waals surface area contributed by atoms with E-state index in [9.17, 15) is 0 Å². The van der Waals surface area contributed by atoms with Crippen molar-refractivity contribution in [2.75, 3.05) is 24.8 Å². The highest BCUT2D eigenvalue weighted by Gasteiger charge is 2.06. The molecule has 2 aromatic heterocycles. The third-order valence-electron chi connectivity index (χ3n) is 2.40. The number of aryl methyl sites for hydroxylation is 1. The molecule has 7 heteroatoms. The van der Waals surface area contributed by atoms with Gasteiger partial charge in [0.2, 0.25) is 11.9 Å². The van der Waals surface area contributed by atoms with Crippen molar-refractivity contribution >= 4 is 23.2 Å². The largest absolute Gasteiger partial charge is 0.467 e. The molecule has 0 bridgehead atoms. The number of hydrogen-bond donors (Lipinski definition) is 2. The van der Waals surface area contributed by atoms with E-state index in [-0.39, 0.29) is 0 Å².